The number of aliphatic hydroxyl groups is 1. The minimum Gasteiger partial charge on any atom is -0.389 e. The van der Waals surface area contributed by atoms with Crippen molar-refractivity contribution in [3.63, 3.8) is 0 Å². The first-order chi connectivity index (χ1) is 9.31. The highest BCUT2D eigenvalue weighted by molar-refractivity contribution is 4.58. The Morgan fingerprint density at radius 3 is 2.37 bits per heavy atom. The molecule has 4 nitrogen and oxygen atoms in total. The van der Waals surface area contributed by atoms with Crippen molar-refractivity contribution >= 4 is 0 Å². The third kappa shape index (κ3) is 15.8. The molecule has 4 heteroatoms. The van der Waals surface area contributed by atoms with Gasteiger partial charge >= 0.3 is 0 Å². The van der Waals surface area contributed by atoms with Gasteiger partial charge in [0.2, 0.25) is 0 Å². The van der Waals surface area contributed by atoms with E-state index in [1.54, 1.807) is 0 Å². The molecule has 0 aliphatic rings. The zero-order valence-electron chi connectivity index (χ0n) is 12.8. The molecule has 116 valence electrons. The highest BCUT2D eigenvalue weighted by Gasteiger charge is 2.03. The van der Waals surface area contributed by atoms with E-state index in [1.807, 2.05) is 0 Å². The fourth-order valence-corrected chi connectivity index (χ4v) is 1.69. The summed E-state index contributed by atoms with van der Waals surface area (Å²) in [7, 11) is 0. The molecule has 0 aromatic rings. The molecule has 0 aliphatic carbocycles. The van der Waals surface area contributed by atoms with E-state index < -0.39 is 6.10 Å². The van der Waals surface area contributed by atoms with Crippen LogP contribution in [0.25, 0.3) is 0 Å². The topological polar surface area (TPSA) is 50.7 Å². The Morgan fingerprint density at radius 2 is 1.63 bits per heavy atom. The summed E-state index contributed by atoms with van der Waals surface area (Å²) in [6, 6.07) is 0. The molecule has 0 radical (unpaired) electrons. The zero-order chi connectivity index (χ0) is 14.2. The van der Waals surface area contributed by atoms with Gasteiger partial charge in [0.25, 0.3) is 0 Å². The van der Waals surface area contributed by atoms with Crippen LogP contribution in [0.4, 0.5) is 0 Å². The smallest absolute Gasteiger partial charge is 0.0897 e. The van der Waals surface area contributed by atoms with Crippen molar-refractivity contribution in [3.8, 4) is 0 Å². The lowest BCUT2D eigenvalue weighted by atomic mass is 10.2. The second-order valence-electron chi connectivity index (χ2n) is 4.96. The Kier molecular flexibility index (Phi) is 15.8. The maximum absolute atomic E-state index is 9.66. The van der Waals surface area contributed by atoms with Crippen LogP contribution >= 0.6 is 0 Å². The first-order valence-electron chi connectivity index (χ1n) is 7.85. The highest BCUT2D eigenvalue weighted by Crippen LogP contribution is 1.97. The monoisotopic (exact) mass is 275 g/mol. The molecule has 0 saturated heterocycles. The first-order valence-corrected chi connectivity index (χ1v) is 7.85. The summed E-state index contributed by atoms with van der Waals surface area (Å²) in [6.45, 7) is 8.33. The summed E-state index contributed by atoms with van der Waals surface area (Å²) in [6.07, 6.45) is 6.86. The molecule has 0 aliphatic heterocycles. The molecule has 0 spiro atoms. The Hall–Kier alpha value is -0.160. The molecule has 2 N–H and O–H groups in total. The van der Waals surface area contributed by atoms with Crippen molar-refractivity contribution in [2.75, 3.05) is 39.5 Å². The maximum Gasteiger partial charge on any atom is 0.0897 e. The molecule has 1 atom stereocenters. The van der Waals surface area contributed by atoms with Gasteiger partial charge in [-0.1, -0.05) is 39.5 Å². The van der Waals surface area contributed by atoms with Gasteiger partial charge in [0, 0.05) is 13.2 Å². The molecule has 0 rings (SSSR count). The van der Waals surface area contributed by atoms with Crippen LogP contribution in [0, 0.1) is 0 Å². The van der Waals surface area contributed by atoms with Crippen molar-refractivity contribution in [1.29, 1.82) is 0 Å². The summed E-state index contributed by atoms with van der Waals surface area (Å²) < 4.78 is 10.7. The SMILES string of the molecule is CCCCCCNCC(O)COCCOCCCC. The predicted octanol–water partition coefficient (Wildman–Crippen LogP) is 2.35. The summed E-state index contributed by atoms with van der Waals surface area (Å²) in [4.78, 5) is 0. The molecule has 1 unspecified atom stereocenters. The second-order valence-corrected chi connectivity index (χ2v) is 4.96. The van der Waals surface area contributed by atoms with Crippen molar-refractivity contribution in [2.45, 2.75) is 58.5 Å². The molecule has 0 saturated carbocycles. The van der Waals surface area contributed by atoms with Gasteiger partial charge in [0.1, 0.15) is 0 Å². The maximum atomic E-state index is 9.66. The molecule has 0 amide bonds. The summed E-state index contributed by atoms with van der Waals surface area (Å²) in [5, 5.41) is 12.9. The molecule has 19 heavy (non-hydrogen) atoms. The average molecular weight is 275 g/mol. The van der Waals surface area contributed by atoms with Crippen molar-refractivity contribution in [2.24, 2.45) is 0 Å². The van der Waals surface area contributed by atoms with Gasteiger partial charge in [-0.2, -0.15) is 0 Å². The lowest BCUT2D eigenvalue weighted by molar-refractivity contribution is 0.00397. The van der Waals surface area contributed by atoms with Gasteiger partial charge in [-0.05, 0) is 19.4 Å². The predicted molar refractivity (Wildman–Crippen MR) is 79.6 cm³/mol. The number of rotatable bonds is 15. The molecule has 0 aromatic carbocycles. The lowest BCUT2D eigenvalue weighted by Crippen LogP contribution is -2.31. The van der Waals surface area contributed by atoms with Crippen LogP contribution in [0.15, 0.2) is 0 Å². The molecular formula is C15H33NO3. The van der Waals surface area contributed by atoms with Gasteiger partial charge in [-0.15, -0.1) is 0 Å². The highest BCUT2D eigenvalue weighted by atomic mass is 16.5. The number of hydrogen-bond acceptors (Lipinski definition) is 4. The standard InChI is InChI=1S/C15H33NO3/c1-3-5-7-8-9-16-13-15(17)14-19-12-11-18-10-6-4-2/h15-17H,3-14H2,1-2H3. The third-order valence-corrected chi connectivity index (χ3v) is 2.91. The minimum absolute atomic E-state index is 0.388. The molecular weight excluding hydrogens is 242 g/mol. The number of nitrogens with one attached hydrogen (secondary N) is 1. The molecule has 0 bridgehead atoms. The van der Waals surface area contributed by atoms with Crippen LogP contribution in [0.1, 0.15) is 52.4 Å². The molecule has 0 heterocycles. The van der Waals surface area contributed by atoms with Crippen LogP contribution in [0.3, 0.4) is 0 Å². The van der Waals surface area contributed by atoms with E-state index in [0.29, 0.717) is 26.4 Å². The van der Waals surface area contributed by atoms with Gasteiger partial charge < -0.3 is 19.9 Å². The van der Waals surface area contributed by atoms with E-state index in [9.17, 15) is 5.11 Å². The fraction of sp³-hybridized carbons (Fsp3) is 1.00. The van der Waals surface area contributed by atoms with Crippen LogP contribution in [0.5, 0.6) is 0 Å². The zero-order valence-corrected chi connectivity index (χ0v) is 12.8. The van der Waals surface area contributed by atoms with E-state index in [-0.39, 0.29) is 0 Å². The summed E-state index contributed by atoms with van der Waals surface area (Å²) in [5.41, 5.74) is 0. The Balaban J connectivity index is 3.10. The fourth-order valence-electron chi connectivity index (χ4n) is 1.69. The van der Waals surface area contributed by atoms with Crippen LogP contribution < -0.4 is 5.32 Å². The van der Waals surface area contributed by atoms with Crippen molar-refractivity contribution < 1.29 is 14.6 Å². The minimum atomic E-state index is -0.415. The van der Waals surface area contributed by atoms with Crippen LogP contribution in [-0.4, -0.2) is 50.7 Å². The Morgan fingerprint density at radius 1 is 0.895 bits per heavy atom. The Bertz CT molecular complexity index is 167. The van der Waals surface area contributed by atoms with Crippen LogP contribution in [0.2, 0.25) is 0 Å². The third-order valence-electron chi connectivity index (χ3n) is 2.91. The normalized spacial score (nSPS) is 12.8. The van der Waals surface area contributed by atoms with Crippen molar-refractivity contribution in [3.05, 3.63) is 0 Å². The van der Waals surface area contributed by atoms with E-state index >= 15 is 0 Å². The van der Waals surface area contributed by atoms with Gasteiger partial charge in [0.15, 0.2) is 0 Å². The molecule has 0 fully saturated rings. The number of ether oxygens (including phenoxy) is 2. The van der Waals surface area contributed by atoms with E-state index in [4.69, 9.17) is 9.47 Å². The first kappa shape index (κ1) is 18.8. The van der Waals surface area contributed by atoms with Crippen molar-refractivity contribution in [1.82, 2.24) is 5.32 Å². The van der Waals surface area contributed by atoms with Crippen LogP contribution in [-0.2, 0) is 9.47 Å². The number of unbranched alkanes of at least 4 members (excludes halogenated alkanes) is 4. The number of hydrogen-bond donors (Lipinski definition) is 2. The largest absolute Gasteiger partial charge is 0.389 e. The van der Waals surface area contributed by atoms with E-state index in [2.05, 4.69) is 19.2 Å². The van der Waals surface area contributed by atoms with Gasteiger partial charge in [0.05, 0.1) is 25.9 Å². The average Bonchev–Trinajstić information content (AvgIpc) is 2.41. The lowest BCUT2D eigenvalue weighted by Gasteiger charge is -2.12. The molecule has 0 aromatic heterocycles. The summed E-state index contributed by atoms with van der Waals surface area (Å²) >= 11 is 0. The second kappa shape index (κ2) is 15.9. The summed E-state index contributed by atoms with van der Waals surface area (Å²) in [5.74, 6) is 0. The van der Waals surface area contributed by atoms with Gasteiger partial charge in [-0.3, -0.25) is 0 Å². The number of aliphatic hydroxyl groups excluding tert-OH is 1. The quantitative estimate of drug-likeness (QED) is 0.450. The Labute approximate surface area is 118 Å². The van der Waals surface area contributed by atoms with Gasteiger partial charge in [-0.25, -0.2) is 0 Å². The van der Waals surface area contributed by atoms with E-state index in [1.165, 1.54) is 25.7 Å². The van der Waals surface area contributed by atoms with E-state index in [0.717, 1.165) is 26.0 Å².